The minimum atomic E-state index is -1.40. The molecule has 1 atom stereocenters. The number of ether oxygens (including phenoxy) is 2. The summed E-state index contributed by atoms with van der Waals surface area (Å²) in [5.74, 6) is -0.206. The molecule has 1 aliphatic rings. The van der Waals surface area contributed by atoms with Crippen molar-refractivity contribution in [2.45, 2.75) is 77.7 Å². The molecule has 5 aromatic rings. The van der Waals surface area contributed by atoms with Crippen LogP contribution in [0.25, 0.3) is 28.1 Å². The highest BCUT2D eigenvalue weighted by atomic mass is 35.5. The number of pyridine rings is 1. The highest BCUT2D eigenvalue weighted by Gasteiger charge is 2.32. The normalized spacial score (nSPS) is 14.2. The van der Waals surface area contributed by atoms with Crippen molar-refractivity contribution in [3.63, 3.8) is 0 Å². The van der Waals surface area contributed by atoms with Crippen LogP contribution in [0.1, 0.15) is 50.4 Å². The summed E-state index contributed by atoms with van der Waals surface area (Å²) in [7, 11) is -1.40. The SMILES string of the molecule is CC(C)(C)OC(=O)Nc1ccc(-c2nc([C@@H]3CCc4cc(-c5cc(Cl)ccc5-n5cc(C#N)nn5)cc(=O)n43)n(COCC[Si](C)(C)C)c2F)cc1. The van der Waals surface area contributed by atoms with Crippen LogP contribution < -0.4 is 10.9 Å². The molecule has 52 heavy (non-hydrogen) atoms. The molecule has 1 N–H and O–H groups in total. The molecule has 0 unspecified atom stereocenters. The highest BCUT2D eigenvalue weighted by molar-refractivity contribution is 6.76. The monoisotopic (exact) mass is 742 g/mol. The third-order valence-corrected chi connectivity index (χ3v) is 10.5. The molecule has 0 saturated carbocycles. The standard InChI is InChI=1S/C37H40ClFN8O4Si/c1-37(2,3)51-36(49)41-26-10-7-23(8-11-26)33-34(39)45(22-50-15-16-52(4,5)6)35(42-33)31-14-12-28-17-24(18-32(48)47(28)31)29-19-25(38)9-13-30(29)46-21-27(20-40)43-44-46/h7-11,13,17-19,21,31H,12,14-16,22H2,1-6H3,(H,41,49)/t31-/m0/s1. The number of aryl methyl sites for hydroxylation is 1. The summed E-state index contributed by atoms with van der Waals surface area (Å²) in [6.07, 6.45) is 1.96. The number of aromatic nitrogens is 6. The van der Waals surface area contributed by atoms with E-state index in [9.17, 15) is 14.9 Å². The Morgan fingerprint density at radius 1 is 1.12 bits per heavy atom. The van der Waals surface area contributed by atoms with Gasteiger partial charge in [0.25, 0.3) is 5.56 Å². The van der Waals surface area contributed by atoms with Crippen molar-refractivity contribution in [2.75, 3.05) is 11.9 Å². The molecule has 0 aliphatic carbocycles. The van der Waals surface area contributed by atoms with Crippen LogP contribution in [-0.4, -0.2) is 55.5 Å². The molecule has 0 saturated heterocycles. The molecule has 1 amide bonds. The Balaban J connectivity index is 1.35. The molecule has 270 valence electrons. The van der Waals surface area contributed by atoms with Crippen LogP contribution in [-0.2, 0) is 22.6 Å². The van der Waals surface area contributed by atoms with E-state index in [2.05, 4.69) is 35.3 Å². The fourth-order valence-corrected chi connectivity index (χ4v) is 6.97. The predicted molar refractivity (Wildman–Crippen MR) is 199 cm³/mol. The highest BCUT2D eigenvalue weighted by Crippen LogP contribution is 2.36. The number of hydrogen-bond donors (Lipinski definition) is 1. The van der Waals surface area contributed by atoms with Gasteiger partial charge >= 0.3 is 6.09 Å². The summed E-state index contributed by atoms with van der Waals surface area (Å²) in [5, 5.41) is 20.4. The Hall–Kier alpha value is -5.10. The molecule has 15 heteroatoms. The van der Waals surface area contributed by atoms with Gasteiger partial charge in [0, 0.05) is 48.3 Å². The number of halogens is 2. The van der Waals surface area contributed by atoms with E-state index in [0.29, 0.717) is 58.4 Å². The lowest BCUT2D eigenvalue weighted by Crippen LogP contribution is -2.27. The van der Waals surface area contributed by atoms with Crippen LogP contribution >= 0.6 is 11.6 Å². The Bertz CT molecular complexity index is 2230. The Morgan fingerprint density at radius 2 is 1.87 bits per heavy atom. The molecule has 4 heterocycles. The van der Waals surface area contributed by atoms with Gasteiger partial charge in [-0.2, -0.15) is 9.65 Å². The first-order valence-corrected chi connectivity index (χ1v) is 21.0. The number of imidazole rings is 1. The van der Waals surface area contributed by atoms with Crippen LogP contribution in [0, 0.1) is 17.3 Å². The number of carbonyl (C=O) groups is 1. The van der Waals surface area contributed by atoms with Gasteiger partial charge in [-0.25, -0.2) is 14.5 Å². The Morgan fingerprint density at radius 3 is 2.54 bits per heavy atom. The van der Waals surface area contributed by atoms with E-state index in [0.717, 1.165) is 11.7 Å². The van der Waals surface area contributed by atoms with Crippen molar-refractivity contribution in [3.8, 4) is 34.1 Å². The number of amides is 1. The molecule has 0 fully saturated rings. The van der Waals surface area contributed by atoms with Gasteiger partial charge in [-0.05, 0) is 81.6 Å². The maximum Gasteiger partial charge on any atom is 0.412 e. The molecule has 6 rings (SSSR count). The molecule has 0 bridgehead atoms. The van der Waals surface area contributed by atoms with E-state index in [4.69, 9.17) is 26.1 Å². The van der Waals surface area contributed by atoms with Crippen molar-refractivity contribution in [3.05, 3.63) is 99.3 Å². The molecule has 3 aromatic heterocycles. The number of nitriles is 1. The van der Waals surface area contributed by atoms with Gasteiger partial charge in [0.15, 0.2) is 5.69 Å². The van der Waals surface area contributed by atoms with Gasteiger partial charge in [-0.15, -0.1) is 5.10 Å². The third-order valence-electron chi connectivity index (χ3n) is 8.51. The smallest absolute Gasteiger partial charge is 0.412 e. The Labute approximate surface area is 306 Å². The van der Waals surface area contributed by atoms with E-state index in [1.807, 2.05) is 12.1 Å². The summed E-state index contributed by atoms with van der Waals surface area (Å²) >= 11 is 6.40. The lowest BCUT2D eigenvalue weighted by atomic mass is 10.0. The van der Waals surface area contributed by atoms with Crippen molar-refractivity contribution in [1.82, 2.24) is 29.1 Å². The predicted octanol–water partition coefficient (Wildman–Crippen LogP) is 7.82. The fourth-order valence-electron chi connectivity index (χ4n) is 6.04. The summed E-state index contributed by atoms with van der Waals surface area (Å²) in [6.45, 7) is 12.5. The summed E-state index contributed by atoms with van der Waals surface area (Å²) < 4.78 is 32.3. The number of rotatable bonds is 10. The average molecular weight is 743 g/mol. The number of nitrogens with zero attached hydrogens (tertiary/aromatic N) is 7. The van der Waals surface area contributed by atoms with E-state index in [1.54, 1.807) is 67.8 Å². The zero-order valence-electron chi connectivity index (χ0n) is 29.9. The molecular formula is C37H40ClFN8O4Si. The van der Waals surface area contributed by atoms with Gasteiger partial charge in [0.1, 0.15) is 29.9 Å². The van der Waals surface area contributed by atoms with E-state index in [-0.39, 0.29) is 23.7 Å². The first-order valence-electron chi connectivity index (χ1n) is 16.9. The minimum Gasteiger partial charge on any atom is -0.444 e. The van der Waals surface area contributed by atoms with Gasteiger partial charge in [0.05, 0.1) is 17.9 Å². The van der Waals surface area contributed by atoms with Gasteiger partial charge in [-0.3, -0.25) is 14.7 Å². The summed E-state index contributed by atoms with van der Waals surface area (Å²) in [6, 6.07) is 17.6. The fraction of sp³-hybridized carbons (Fsp3) is 0.351. The maximum absolute atomic E-state index is 16.4. The largest absolute Gasteiger partial charge is 0.444 e. The second-order valence-corrected chi connectivity index (χ2v) is 21.0. The van der Waals surface area contributed by atoms with Gasteiger partial charge in [0.2, 0.25) is 5.95 Å². The number of benzene rings is 2. The zero-order valence-corrected chi connectivity index (χ0v) is 31.7. The second-order valence-electron chi connectivity index (χ2n) is 14.9. The molecule has 1 aliphatic heterocycles. The van der Waals surface area contributed by atoms with Crippen LogP contribution in [0.4, 0.5) is 14.9 Å². The first-order chi connectivity index (χ1) is 24.6. The third kappa shape index (κ3) is 8.17. The summed E-state index contributed by atoms with van der Waals surface area (Å²) in [4.78, 5) is 31.1. The average Bonchev–Trinajstić information content (AvgIpc) is 3.80. The van der Waals surface area contributed by atoms with E-state index in [1.165, 1.54) is 21.5 Å². The molecule has 2 aromatic carbocycles. The quantitative estimate of drug-likeness (QED) is 0.113. The van der Waals surface area contributed by atoms with E-state index >= 15 is 4.39 Å². The van der Waals surface area contributed by atoms with Gasteiger partial charge in [-0.1, -0.05) is 48.6 Å². The van der Waals surface area contributed by atoms with Crippen molar-refractivity contribution >= 4 is 31.5 Å². The molecule has 0 radical (unpaired) electrons. The lowest BCUT2D eigenvalue weighted by molar-refractivity contribution is 0.0635. The number of carbonyl (C=O) groups excluding carboxylic acids is 1. The maximum atomic E-state index is 16.4. The second kappa shape index (κ2) is 14.5. The van der Waals surface area contributed by atoms with Crippen LogP contribution in [0.5, 0.6) is 0 Å². The minimum absolute atomic E-state index is 0.0654. The van der Waals surface area contributed by atoms with Crippen molar-refractivity contribution in [1.29, 1.82) is 5.26 Å². The number of nitrogens with one attached hydrogen (secondary N) is 1. The number of fused-ring (bicyclic) bond motifs is 1. The number of anilines is 1. The molecular weight excluding hydrogens is 703 g/mol. The van der Waals surface area contributed by atoms with Gasteiger partial charge < -0.3 is 14.0 Å². The van der Waals surface area contributed by atoms with Crippen molar-refractivity contribution in [2.24, 2.45) is 0 Å². The van der Waals surface area contributed by atoms with Crippen LogP contribution in [0.2, 0.25) is 30.7 Å². The molecule has 0 spiro atoms. The zero-order chi connectivity index (χ0) is 37.4. The first kappa shape index (κ1) is 36.7. The topological polar surface area (TPSA) is 142 Å². The van der Waals surface area contributed by atoms with Crippen LogP contribution in [0.15, 0.2) is 65.6 Å². The Kier molecular flexibility index (Phi) is 10.2. The lowest BCUT2D eigenvalue weighted by Gasteiger charge is -2.19. The summed E-state index contributed by atoms with van der Waals surface area (Å²) in [5.41, 5.74) is 2.91. The van der Waals surface area contributed by atoms with E-state index < -0.39 is 31.8 Å². The van der Waals surface area contributed by atoms with Crippen LogP contribution in [0.3, 0.4) is 0 Å². The van der Waals surface area contributed by atoms with Crippen molar-refractivity contribution < 1.29 is 18.7 Å². The number of hydrogen-bond acceptors (Lipinski definition) is 8. The molecule has 12 nitrogen and oxygen atoms in total.